The van der Waals surface area contributed by atoms with Crippen molar-refractivity contribution in [3.63, 3.8) is 0 Å². The summed E-state index contributed by atoms with van der Waals surface area (Å²) in [4.78, 5) is 0. The molecule has 0 saturated heterocycles. The monoisotopic (exact) mass is 172 g/mol. The van der Waals surface area contributed by atoms with Crippen LogP contribution in [0.15, 0.2) is 12.2 Å². The molecule has 2 heteroatoms. The molecule has 0 amide bonds. The van der Waals surface area contributed by atoms with Gasteiger partial charge in [-0.2, -0.15) is 0 Å². The topological polar surface area (TPSA) is 40.5 Å². The second kappa shape index (κ2) is 7.32. The summed E-state index contributed by atoms with van der Waals surface area (Å²) >= 11 is 0. The van der Waals surface area contributed by atoms with Crippen molar-refractivity contribution in [1.82, 2.24) is 0 Å². The van der Waals surface area contributed by atoms with Gasteiger partial charge in [0.1, 0.15) is 0 Å². The number of aliphatic hydroxyl groups is 2. The van der Waals surface area contributed by atoms with E-state index in [1.807, 2.05) is 13.8 Å². The molecule has 12 heavy (non-hydrogen) atoms. The van der Waals surface area contributed by atoms with Gasteiger partial charge in [0, 0.05) is 0 Å². The molecule has 0 aliphatic carbocycles. The van der Waals surface area contributed by atoms with Gasteiger partial charge >= 0.3 is 0 Å². The standard InChI is InChI=1S/C10H20O2/c1-3-5-9(11)7-8-10(12)6-4-2/h7-12H,3-6H2,1-2H3/b8-7+/t9-,10-/m0/s1. The second-order valence-corrected chi connectivity index (χ2v) is 3.10. The van der Waals surface area contributed by atoms with Crippen LogP contribution in [0, 0.1) is 0 Å². The third kappa shape index (κ3) is 6.38. The Hall–Kier alpha value is -0.340. The van der Waals surface area contributed by atoms with Gasteiger partial charge < -0.3 is 10.2 Å². The van der Waals surface area contributed by atoms with Crippen LogP contribution >= 0.6 is 0 Å². The first-order chi connectivity index (χ1) is 5.70. The normalized spacial score (nSPS) is 16.7. The zero-order valence-corrected chi connectivity index (χ0v) is 8.03. The summed E-state index contributed by atoms with van der Waals surface area (Å²) in [7, 11) is 0. The fourth-order valence-electron chi connectivity index (χ4n) is 1.04. The van der Waals surface area contributed by atoms with Gasteiger partial charge in [-0.1, -0.05) is 38.8 Å². The molecule has 0 spiro atoms. The van der Waals surface area contributed by atoms with E-state index in [0.717, 1.165) is 25.7 Å². The molecule has 0 fully saturated rings. The largest absolute Gasteiger partial charge is 0.389 e. The van der Waals surface area contributed by atoms with Gasteiger partial charge in [0.2, 0.25) is 0 Å². The summed E-state index contributed by atoms with van der Waals surface area (Å²) in [6, 6.07) is 0. The maximum Gasteiger partial charge on any atom is 0.0721 e. The van der Waals surface area contributed by atoms with Crippen molar-refractivity contribution in [3.05, 3.63) is 12.2 Å². The predicted molar refractivity (Wildman–Crippen MR) is 51.0 cm³/mol. The van der Waals surface area contributed by atoms with E-state index in [1.54, 1.807) is 12.2 Å². The SMILES string of the molecule is CCC[C@H](O)/C=C/[C@@H](O)CCC. The molecule has 0 aliphatic rings. The molecule has 0 unspecified atom stereocenters. The van der Waals surface area contributed by atoms with E-state index in [0.29, 0.717) is 0 Å². The molecule has 2 nitrogen and oxygen atoms in total. The lowest BCUT2D eigenvalue weighted by Gasteiger charge is -2.05. The lowest BCUT2D eigenvalue weighted by atomic mass is 10.1. The van der Waals surface area contributed by atoms with Crippen molar-refractivity contribution in [2.75, 3.05) is 0 Å². The average molecular weight is 172 g/mol. The van der Waals surface area contributed by atoms with Gasteiger partial charge in [-0.15, -0.1) is 0 Å². The summed E-state index contributed by atoms with van der Waals surface area (Å²) < 4.78 is 0. The maximum atomic E-state index is 9.27. The van der Waals surface area contributed by atoms with E-state index >= 15 is 0 Å². The van der Waals surface area contributed by atoms with Crippen molar-refractivity contribution in [3.8, 4) is 0 Å². The predicted octanol–water partition coefficient (Wildman–Crippen LogP) is 1.86. The highest BCUT2D eigenvalue weighted by Crippen LogP contribution is 2.01. The highest BCUT2D eigenvalue weighted by atomic mass is 16.3. The summed E-state index contributed by atoms with van der Waals surface area (Å²) in [6.45, 7) is 4.05. The van der Waals surface area contributed by atoms with Crippen molar-refractivity contribution in [2.24, 2.45) is 0 Å². The van der Waals surface area contributed by atoms with Crippen LogP contribution in [0.2, 0.25) is 0 Å². The van der Waals surface area contributed by atoms with E-state index in [-0.39, 0.29) is 12.2 Å². The molecule has 2 atom stereocenters. The molecule has 0 aliphatic heterocycles. The fraction of sp³-hybridized carbons (Fsp3) is 0.800. The summed E-state index contributed by atoms with van der Waals surface area (Å²) in [6.07, 6.45) is 6.08. The van der Waals surface area contributed by atoms with Gasteiger partial charge in [0.25, 0.3) is 0 Å². The van der Waals surface area contributed by atoms with Crippen LogP contribution in [0.4, 0.5) is 0 Å². The summed E-state index contributed by atoms with van der Waals surface area (Å²) in [5, 5.41) is 18.5. The third-order valence-corrected chi connectivity index (χ3v) is 1.72. The molecule has 0 rings (SSSR count). The van der Waals surface area contributed by atoms with E-state index in [4.69, 9.17) is 0 Å². The molecule has 0 aromatic rings. The van der Waals surface area contributed by atoms with E-state index in [1.165, 1.54) is 0 Å². The first-order valence-electron chi connectivity index (χ1n) is 4.75. The Balaban J connectivity index is 3.57. The van der Waals surface area contributed by atoms with Gasteiger partial charge in [0.15, 0.2) is 0 Å². The first kappa shape index (κ1) is 11.7. The van der Waals surface area contributed by atoms with Crippen LogP contribution < -0.4 is 0 Å². The van der Waals surface area contributed by atoms with Crippen molar-refractivity contribution in [1.29, 1.82) is 0 Å². The van der Waals surface area contributed by atoms with Crippen LogP contribution in [-0.4, -0.2) is 22.4 Å². The Morgan fingerprint density at radius 2 is 1.25 bits per heavy atom. The second-order valence-electron chi connectivity index (χ2n) is 3.10. The van der Waals surface area contributed by atoms with Gasteiger partial charge in [0.05, 0.1) is 12.2 Å². The maximum absolute atomic E-state index is 9.27. The average Bonchev–Trinajstić information content (AvgIpc) is 2.02. The molecule has 0 heterocycles. The summed E-state index contributed by atoms with van der Waals surface area (Å²) in [5.41, 5.74) is 0. The molecule has 0 saturated carbocycles. The molecule has 2 N–H and O–H groups in total. The van der Waals surface area contributed by atoms with Crippen molar-refractivity contribution >= 4 is 0 Å². The molecule has 0 aromatic carbocycles. The Kier molecular flexibility index (Phi) is 7.11. The lowest BCUT2D eigenvalue weighted by Crippen LogP contribution is -2.05. The molecular formula is C10H20O2. The molecule has 0 bridgehead atoms. The number of aliphatic hydroxyl groups excluding tert-OH is 2. The zero-order valence-electron chi connectivity index (χ0n) is 8.03. The Morgan fingerprint density at radius 1 is 0.917 bits per heavy atom. The minimum absolute atomic E-state index is 0.387. The van der Waals surface area contributed by atoms with E-state index in [2.05, 4.69) is 0 Å². The van der Waals surface area contributed by atoms with Crippen LogP contribution in [0.1, 0.15) is 39.5 Å². The molecule has 0 radical (unpaired) electrons. The molecule has 72 valence electrons. The van der Waals surface area contributed by atoms with Crippen LogP contribution in [0.3, 0.4) is 0 Å². The van der Waals surface area contributed by atoms with Crippen LogP contribution in [0.5, 0.6) is 0 Å². The first-order valence-corrected chi connectivity index (χ1v) is 4.75. The van der Waals surface area contributed by atoms with Crippen LogP contribution in [-0.2, 0) is 0 Å². The highest BCUT2D eigenvalue weighted by molar-refractivity contribution is 4.93. The Labute approximate surface area is 74.9 Å². The zero-order chi connectivity index (χ0) is 9.40. The number of hydrogen-bond acceptors (Lipinski definition) is 2. The number of hydrogen-bond donors (Lipinski definition) is 2. The minimum atomic E-state index is -0.387. The van der Waals surface area contributed by atoms with Crippen molar-refractivity contribution < 1.29 is 10.2 Å². The lowest BCUT2D eigenvalue weighted by molar-refractivity contribution is 0.195. The van der Waals surface area contributed by atoms with Crippen molar-refractivity contribution in [2.45, 2.75) is 51.7 Å². The third-order valence-electron chi connectivity index (χ3n) is 1.72. The number of rotatable bonds is 6. The van der Waals surface area contributed by atoms with E-state index in [9.17, 15) is 10.2 Å². The Bertz CT molecular complexity index is 107. The fourth-order valence-corrected chi connectivity index (χ4v) is 1.04. The minimum Gasteiger partial charge on any atom is -0.389 e. The highest BCUT2D eigenvalue weighted by Gasteiger charge is 1.99. The van der Waals surface area contributed by atoms with Gasteiger partial charge in [-0.05, 0) is 12.8 Å². The quantitative estimate of drug-likeness (QED) is 0.600. The summed E-state index contributed by atoms with van der Waals surface area (Å²) in [5.74, 6) is 0. The van der Waals surface area contributed by atoms with Crippen LogP contribution in [0.25, 0.3) is 0 Å². The molecule has 0 aromatic heterocycles. The molecular weight excluding hydrogens is 152 g/mol. The smallest absolute Gasteiger partial charge is 0.0721 e. The van der Waals surface area contributed by atoms with Gasteiger partial charge in [-0.25, -0.2) is 0 Å². The Morgan fingerprint density at radius 3 is 1.50 bits per heavy atom. The van der Waals surface area contributed by atoms with Gasteiger partial charge in [-0.3, -0.25) is 0 Å². The van der Waals surface area contributed by atoms with E-state index < -0.39 is 0 Å².